The van der Waals surface area contributed by atoms with Crippen molar-refractivity contribution < 1.29 is 9.53 Å². The Balaban J connectivity index is 1.60. The molecule has 0 saturated carbocycles. The van der Waals surface area contributed by atoms with Crippen molar-refractivity contribution in [3.8, 4) is 0 Å². The molecule has 0 spiro atoms. The average Bonchev–Trinajstić information content (AvgIpc) is 2.86. The van der Waals surface area contributed by atoms with Gasteiger partial charge in [-0.15, -0.1) is 11.8 Å². The van der Waals surface area contributed by atoms with Gasteiger partial charge in [-0.2, -0.15) is 0 Å². The average molecular weight is 300 g/mol. The van der Waals surface area contributed by atoms with E-state index in [2.05, 4.69) is 12.1 Å². The first kappa shape index (κ1) is 13.8. The van der Waals surface area contributed by atoms with E-state index in [-0.39, 0.29) is 11.2 Å². The monoisotopic (exact) mass is 300 g/mol. The molecule has 0 aromatic heterocycles. The van der Waals surface area contributed by atoms with Gasteiger partial charge in [-0.3, -0.25) is 0 Å². The van der Waals surface area contributed by atoms with E-state index in [9.17, 15) is 4.79 Å². The highest BCUT2D eigenvalue weighted by Crippen LogP contribution is 2.36. The van der Waals surface area contributed by atoms with Gasteiger partial charge in [-0.25, -0.2) is 4.79 Å². The van der Waals surface area contributed by atoms with Gasteiger partial charge in [0.15, 0.2) is 0 Å². The van der Waals surface area contributed by atoms with Crippen molar-refractivity contribution >= 4 is 29.1 Å². The van der Waals surface area contributed by atoms with E-state index in [0.717, 1.165) is 6.42 Å². The van der Waals surface area contributed by atoms with Crippen molar-refractivity contribution in [1.29, 1.82) is 0 Å². The molecule has 0 amide bonds. The van der Waals surface area contributed by atoms with Gasteiger partial charge in [0.2, 0.25) is 0 Å². The molecule has 0 bridgehead atoms. The lowest BCUT2D eigenvalue weighted by Crippen LogP contribution is -2.16. The zero-order chi connectivity index (χ0) is 14.8. The molecule has 1 unspecified atom stereocenters. The molecule has 2 aromatic rings. The highest BCUT2D eigenvalue weighted by molar-refractivity contribution is 8.00. The lowest BCUT2D eigenvalue weighted by molar-refractivity contribution is 0.0507. The summed E-state index contributed by atoms with van der Waals surface area (Å²) in [6, 6.07) is 13.0. The molecule has 1 aliphatic heterocycles. The topological polar surface area (TPSA) is 78.3 Å². The second-order valence-electron chi connectivity index (χ2n) is 5.04. The van der Waals surface area contributed by atoms with Crippen LogP contribution in [0.15, 0.2) is 47.4 Å². The van der Waals surface area contributed by atoms with Gasteiger partial charge in [-0.05, 0) is 36.2 Å². The first-order valence-electron chi connectivity index (χ1n) is 6.69. The van der Waals surface area contributed by atoms with Crippen LogP contribution in [0.3, 0.4) is 0 Å². The largest absolute Gasteiger partial charge is 0.461 e. The Labute approximate surface area is 127 Å². The van der Waals surface area contributed by atoms with Gasteiger partial charge in [0.05, 0.1) is 5.56 Å². The van der Waals surface area contributed by atoms with E-state index in [1.165, 1.54) is 10.5 Å². The van der Waals surface area contributed by atoms with Crippen LogP contribution in [-0.4, -0.2) is 17.8 Å². The van der Waals surface area contributed by atoms with Crippen LogP contribution in [0.25, 0.3) is 0 Å². The third-order valence-corrected chi connectivity index (χ3v) is 4.62. The second kappa shape index (κ2) is 5.69. The van der Waals surface area contributed by atoms with Crippen LogP contribution in [0.1, 0.15) is 15.9 Å². The minimum Gasteiger partial charge on any atom is -0.461 e. The van der Waals surface area contributed by atoms with Crippen molar-refractivity contribution in [3.63, 3.8) is 0 Å². The van der Waals surface area contributed by atoms with Crippen LogP contribution in [-0.2, 0) is 11.2 Å². The van der Waals surface area contributed by atoms with E-state index in [1.807, 2.05) is 12.1 Å². The van der Waals surface area contributed by atoms with E-state index >= 15 is 0 Å². The van der Waals surface area contributed by atoms with Crippen LogP contribution < -0.4 is 11.5 Å². The highest BCUT2D eigenvalue weighted by atomic mass is 32.2. The SMILES string of the molecule is Nc1cc(N)cc(C(=O)OCC2Cc3ccccc3S2)c1. The standard InChI is InChI=1S/C16H16N2O2S/c17-12-5-11(6-13(18)8-12)16(19)20-9-14-7-10-3-1-2-4-15(10)21-14/h1-6,8,14H,7,9,17-18H2. The fourth-order valence-corrected chi connectivity index (χ4v) is 3.61. The summed E-state index contributed by atoms with van der Waals surface area (Å²) in [4.78, 5) is 13.3. The Morgan fingerprint density at radius 2 is 1.90 bits per heavy atom. The Morgan fingerprint density at radius 3 is 2.62 bits per heavy atom. The van der Waals surface area contributed by atoms with E-state index in [1.54, 1.807) is 30.0 Å². The summed E-state index contributed by atoms with van der Waals surface area (Å²) in [5.74, 6) is -0.384. The van der Waals surface area contributed by atoms with Crippen molar-refractivity contribution in [2.75, 3.05) is 18.1 Å². The highest BCUT2D eigenvalue weighted by Gasteiger charge is 2.23. The number of hydrogen-bond acceptors (Lipinski definition) is 5. The number of carbonyl (C=O) groups is 1. The molecule has 1 aliphatic rings. The summed E-state index contributed by atoms with van der Waals surface area (Å²) in [6.45, 7) is 0.382. The summed E-state index contributed by atoms with van der Waals surface area (Å²) in [7, 11) is 0. The molecule has 0 radical (unpaired) electrons. The van der Waals surface area contributed by atoms with Gasteiger partial charge >= 0.3 is 5.97 Å². The summed E-state index contributed by atoms with van der Waals surface area (Å²) >= 11 is 1.75. The summed E-state index contributed by atoms with van der Waals surface area (Å²) < 4.78 is 5.38. The number of carbonyl (C=O) groups excluding carboxylic acids is 1. The Hall–Kier alpha value is -2.14. The number of rotatable bonds is 3. The maximum absolute atomic E-state index is 12.0. The first-order chi connectivity index (χ1) is 10.1. The normalized spacial score (nSPS) is 16.5. The fraction of sp³-hybridized carbons (Fsp3) is 0.188. The van der Waals surface area contributed by atoms with Crippen LogP contribution in [0.4, 0.5) is 11.4 Å². The quantitative estimate of drug-likeness (QED) is 0.673. The number of anilines is 2. The number of benzene rings is 2. The second-order valence-corrected chi connectivity index (χ2v) is 6.38. The Kier molecular flexibility index (Phi) is 3.75. The van der Waals surface area contributed by atoms with Crippen molar-refractivity contribution in [2.24, 2.45) is 0 Å². The Bertz CT molecular complexity index is 642. The predicted octanol–water partition coefficient (Wildman–Crippen LogP) is 2.72. The lowest BCUT2D eigenvalue weighted by atomic mass is 10.1. The van der Waals surface area contributed by atoms with Crippen molar-refractivity contribution in [2.45, 2.75) is 16.6 Å². The smallest absolute Gasteiger partial charge is 0.338 e. The molecule has 21 heavy (non-hydrogen) atoms. The van der Waals surface area contributed by atoms with Gasteiger partial charge in [0, 0.05) is 21.5 Å². The molecular weight excluding hydrogens is 284 g/mol. The third kappa shape index (κ3) is 3.13. The van der Waals surface area contributed by atoms with Gasteiger partial charge < -0.3 is 16.2 Å². The Morgan fingerprint density at radius 1 is 1.19 bits per heavy atom. The zero-order valence-corrected chi connectivity index (χ0v) is 12.2. The minimum atomic E-state index is -0.384. The number of hydrogen-bond donors (Lipinski definition) is 2. The molecule has 0 saturated heterocycles. The third-order valence-electron chi connectivity index (χ3n) is 3.33. The van der Waals surface area contributed by atoms with E-state index in [4.69, 9.17) is 16.2 Å². The molecule has 1 atom stereocenters. The molecular formula is C16H16N2O2S. The fourth-order valence-electron chi connectivity index (χ4n) is 2.39. The minimum absolute atomic E-state index is 0.268. The number of thioether (sulfide) groups is 1. The molecule has 4 nitrogen and oxygen atoms in total. The van der Waals surface area contributed by atoms with Crippen LogP contribution in [0.2, 0.25) is 0 Å². The van der Waals surface area contributed by atoms with Crippen LogP contribution in [0, 0.1) is 0 Å². The lowest BCUT2D eigenvalue weighted by Gasteiger charge is -2.10. The number of nitrogens with two attached hydrogens (primary N) is 2. The summed E-state index contributed by atoms with van der Waals surface area (Å²) in [6.07, 6.45) is 0.924. The molecule has 0 fully saturated rings. The molecule has 4 N–H and O–H groups in total. The van der Waals surface area contributed by atoms with Gasteiger partial charge in [0.25, 0.3) is 0 Å². The van der Waals surface area contributed by atoms with E-state index in [0.29, 0.717) is 23.5 Å². The van der Waals surface area contributed by atoms with Gasteiger partial charge in [-0.1, -0.05) is 18.2 Å². The first-order valence-corrected chi connectivity index (χ1v) is 7.57. The van der Waals surface area contributed by atoms with Crippen molar-refractivity contribution in [1.82, 2.24) is 0 Å². The van der Waals surface area contributed by atoms with Crippen LogP contribution >= 0.6 is 11.8 Å². The number of nitrogen functional groups attached to an aromatic ring is 2. The zero-order valence-electron chi connectivity index (χ0n) is 11.4. The predicted molar refractivity (Wildman–Crippen MR) is 85.3 cm³/mol. The molecule has 3 rings (SSSR count). The van der Waals surface area contributed by atoms with Crippen molar-refractivity contribution in [3.05, 3.63) is 53.6 Å². The maximum Gasteiger partial charge on any atom is 0.338 e. The summed E-state index contributed by atoms with van der Waals surface area (Å²) in [5.41, 5.74) is 14.0. The maximum atomic E-state index is 12.0. The molecule has 5 heteroatoms. The summed E-state index contributed by atoms with van der Waals surface area (Å²) in [5, 5.41) is 0.268. The van der Waals surface area contributed by atoms with Gasteiger partial charge in [0.1, 0.15) is 6.61 Å². The number of fused-ring (bicyclic) bond motifs is 1. The molecule has 1 heterocycles. The van der Waals surface area contributed by atoms with Crippen LogP contribution in [0.5, 0.6) is 0 Å². The molecule has 0 aliphatic carbocycles. The number of ether oxygens (including phenoxy) is 1. The number of esters is 1. The molecule has 108 valence electrons. The molecule has 2 aromatic carbocycles. The van der Waals surface area contributed by atoms with E-state index < -0.39 is 0 Å².